The first kappa shape index (κ1) is 13.2. The Kier molecular flexibility index (Phi) is 3.86. The number of aromatic carboxylic acids is 1. The van der Waals surface area contributed by atoms with E-state index in [1.165, 1.54) is 0 Å². The predicted molar refractivity (Wildman–Crippen MR) is 54.5 cm³/mol. The van der Waals surface area contributed by atoms with Gasteiger partial charge >= 0.3 is 5.97 Å². The number of rotatable bonds is 4. The fourth-order valence-corrected chi connectivity index (χ4v) is 1.66. The first-order valence-corrected chi connectivity index (χ1v) is 5.38. The summed E-state index contributed by atoms with van der Waals surface area (Å²) in [5, 5.41) is 19.2. The van der Waals surface area contributed by atoms with Gasteiger partial charge in [0, 0.05) is 11.6 Å². The highest BCUT2D eigenvalue weighted by Crippen LogP contribution is 2.23. The molecular weight excluding hydrogens is 257 g/mol. The third kappa shape index (κ3) is 3.04. The van der Waals surface area contributed by atoms with Crippen LogP contribution in [0.25, 0.3) is 0 Å². The number of nitro benzene ring substituents is 1. The third-order valence-corrected chi connectivity index (χ3v) is 2.43. The van der Waals surface area contributed by atoms with Crippen molar-refractivity contribution in [2.45, 2.75) is 5.75 Å². The first-order valence-electron chi connectivity index (χ1n) is 4.10. The van der Waals surface area contributed by atoms with Gasteiger partial charge in [-0.3, -0.25) is 10.1 Å². The van der Waals surface area contributed by atoms with Crippen LogP contribution in [0.15, 0.2) is 12.1 Å². The van der Waals surface area contributed by atoms with E-state index in [0.29, 0.717) is 12.1 Å². The Morgan fingerprint density at radius 3 is 2.53 bits per heavy atom. The van der Waals surface area contributed by atoms with Gasteiger partial charge in [0.05, 0.1) is 10.7 Å². The van der Waals surface area contributed by atoms with Crippen LogP contribution in [-0.2, 0) is 16.8 Å². The summed E-state index contributed by atoms with van der Waals surface area (Å²) in [6.45, 7) is 0. The van der Waals surface area contributed by atoms with Gasteiger partial charge in [-0.05, 0) is 6.07 Å². The van der Waals surface area contributed by atoms with Gasteiger partial charge in [0.25, 0.3) is 5.69 Å². The lowest BCUT2D eigenvalue weighted by Crippen LogP contribution is -2.06. The Morgan fingerprint density at radius 1 is 1.53 bits per heavy atom. The molecule has 17 heavy (non-hydrogen) atoms. The summed E-state index contributed by atoms with van der Waals surface area (Å²) >= 11 is -2.38. The fourth-order valence-electron chi connectivity index (χ4n) is 1.17. The second kappa shape index (κ2) is 4.97. The molecule has 0 bridgehead atoms. The summed E-state index contributed by atoms with van der Waals surface area (Å²) in [6, 6.07) is 1.11. The minimum absolute atomic E-state index is 0.387. The average Bonchev–Trinajstić information content (AvgIpc) is 2.19. The molecule has 92 valence electrons. The Balaban J connectivity index is 3.39. The van der Waals surface area contributed by atoms with Crippen LogP contribution in [0.4, 0.5) is 10.1 Å². The lowest BCUT2D eigenvalue weighted by Gasteiger charge is -2.03. The van der Waals surface area contributed by atoms with Gasteiger partial charge in [0.2, 0.25) is 0 Å². The lowest BCUT2D eigenvalue weighted by molar-refractivity contribution is -0.385. The Hall–Kier alpha value is -1.87. The highest BCUT2D eigenvalue weighted by atomic mass is 32.2. The van der Waals surface area contributed by atoms with Gasteiger partial charge in [-0.15, -0.1) is 0 Å². The third-order valence-electron chi connectivity index (χ3n) is 1.87. The highest BCUT2D eigenvalue weighted by Gasteiger charge is 2.23. The number of nitro groups is 1. The van der Waals surface area contributed by atoms with Gasteiger partial charge in [0.15, 0.2) is 11.1 Å². The van der Waals surface area contributed by atoms with Crippen molar-refractivity contribution in [1.82, 2.24) is 0 Å². The largest absolute Gasteiger partial charge is 0.477 e. The molecule has 0 saturated carbocycles. The van der Waals surface area contributed by atoms with Crippen molar-refractivity contribution < 1.29 is 28.0 Å². The van der Waals surface area contributed by atoms with Gasteiger partial charge in [-0.25, -0.2) is 13.4 Å². The number of carboxylic acids is 1. The van der Waals surface area contributed by atoms with Crippen LogP contribution in [-0.4, -0.2) is 24.8 Å². The maximum absolute atomic E-state index is 13.3. The maximum Gasteiger partial charge on any atom is 0.342 e. The smallest absolute Gasteiger partial charge is 0.342 e. The van der Waals surface area contributed by atoms with Crippen molar-refractivity contribution in [2.75, 3.05) is 0 Å². The van der Waals surface area contributed by atoms with Crippen molar-refractivity contribution in [1.29, 1.82) is 0 Å². The van der Waals surface area contributed by atoms with Gasteiger partial charge in [-0.1, -0.05) is 0 Å². The maximum atomic E-state index is 13.3. The number of halogens is 1. The Labute approximate surface area is 96.3 Å². The van der Waals surface area contributed by atoms with E-state index >= 15 is 0 Å². The molecule has 0 saturated heterocycles. The second-order valence-corrected chi connectivity index (χ2v) is 3.92. The van der Waals surface area contributed by atoms with E-state index in [-0.39, 0.29) is 5.56 Å². The monoisotopic (exact) mass is 263 g/mol. The molecule has 1 aromatic carbocycles. The molecule has 0 aromatic heterocycles. The van der Waals surface area contributed by atoms with Crippen molar-refractivity contribution in [3.63, 3.8) is 0 Å². The summed E-state index contributed by atoms with van der Waals surface area (Å²) in [7, 11) is 0. The van der Waals surface area contributed by atoms with Crippen LogP contribution in [0.3, 0.4) is 0 Å². The molecule has 1 unspecified atom stereocenters. The van der Waals surface area contributed by atoms with E-state index in [0.717, 1.165) is 0 Å². The van der Waals surface area contributed by atoms with E-state index in [4.69, 9.17) is 9.66 Å². The minimum Gasteiger partial charge on any atom is -0.477 e. The molecule has 0 aliphatic carbocycles. The SMILES string of the molecule is O=C(O)c1cc(F)c(CS(=O)O)cc1[N+](=O)[O-]. The molecular formula is C8H6FNO6S. The molecule has 0 heterocycles. The summed E-state index contributed by atoms with van der Waals surface area (Å²) in [5.41, 5.74) is -2.01. The standard InChI is InChI=1S/C8H6FNO6S/c9-6-2-5(8(11)12)7(10(13)14)1-4(6)3-17(15)16/h1-2H,3H2,(H,11,12)(H,15,16). The number of benzene rings is 1. The number of nitrogens with zero attached hydrogens (tertiary/aromatic N) is 1. The Bertz CT molecular complexity index is 517. The number of hydrogen-bond acceptors (Lipinski definition) is 4. The number of carbonyl (C=O) groups is 1. The topological polar surface area (TPSA) is 118 Å². The summed E-state index contributed by atoms with van der Waals surface area (Å²) < 4.78 is 32.3. The van der Waals surface area contributed by atoms with Crippen LogP contribution in [0.2, 0.25) is 0 Å². The number of hydrogen-bond donors (Lipinski definition) is 2. The number of carboxylic acid groups (broad SMARTS) is 1. The first-order chi connectivity index (χ1) is 7.82. The van der Waals surface area contributed by atoms with Crippen LogP contribution in [0.5, 0.6) is 0 Å². The van der Waals surface area contributed by atoms with E-state index in [2.05, 4.69) is 0 Å². The molecule has 9 heteroatoms. The van der Waals surface area contributed by atoms with Crippen molar-refractivity contribution >= 4 is 22.7 Å². The van der Waals surface area contributed by atoms with Crippen LogP contribution in [0, 0.1) is 15.9 Å². The molecule has 0 aliphatic rings. The zero-order chi connectivity index (χ0) is 13.2. The molecule has 1 aromatic rings. The predicted octanol–water partition coefficient (Wildman–Crippen LogP) is 1.15. The molecule has 1 atom stereocenters. The van der Waals surface area contributed by atoms with Crippen LogP contribution in [0.1, 0.15) is 15.9 Å². The van der Waals surface area contributed by atoms with E-state index in [1.807, 2.05) is 0 Å². The minimum atomic E-state index is -2.38. The van der Waals surface area contributed by atoms with Crippen molar-refractivity contribution in [2.24, 2.45) is 0 Å². The average molecular weight is 263 g/mol. The van der Waals surface area contributed by atoms with Crippen LogP contribution >= 0.6 is 0 Å². The molecule has 0 fully saturated rings. The summed E-state index contributed by atoms with van der Waals surface area (Å²) in [5.74, 6) is -3.37. The molecule has 1 rings (SSSR count). The quantitative estimate of drug-likeness (QED) is 0.478. The van der Waals surface area contributed by atoms with Crippen LogP contribution < -0.4 is 0 Å². The normalized spacial score (nSPS) is 12.1. The second-order valence-electron chi connectivity index (χ2n) is 2.99. The van der Waals surface area contributed by atoms with E-state index in [1.54, 1.807) is 0 Å². The summed E-state index contributed by atoms with van der Waals surface area (Å²) in [6.07, 6.45) is 0. The van der Waals surface area contributed by atoms with Gasteiger partial charge in [-0.2, -0.15) is 0 Å². The van der Waals surface area contributed by atoms with E-state index < -0.39 is 44.8 Å². The fraction of sp³-hybridized carbons (Fsp3) is 0.125. The lowest BCUT2D eigenvalue weighted by atomic mass is 10.1. The van der Waals surface area contributed by atoms with E-state index in [9.17, 15) is 23.5 Å². The summed E-state index contributed by atoms with van der Waals surface area (Å²) in [4.78, 5) is 20.2. The molecule has 7 nitrogen and oxygen atoms in total. The zero-order valence-corrected chi connectivity index (χ0v) is 8.94. The molecule has 0 amide bonds. The Morgan fingerprint density at radius 2 is 2.12 bits per heavy atom. The van der Waals surface area contributed by atoms with Gasteiger partial charge in [0.1, 0.15) is 11.4 Å². The molecule has 0 spiro atoms. The highest BCUT2D eigenvalue weighted by molar-refractivity contribution is 7.78. The van der Waals surface area contributed by atoms with Crippen molar-refractivity contribution in [3.8, 4) is 0 Å². The molecule has 2 N–H and O–H groups in total. The zero-order valence-electron chi connectivity index (χ0n) is 8.12. The molecule has 0 radical (unpaired) electrons. The van der Waals surface area contributed by atoms with Crippen molar-refractivity contribution in [3.05, 3.63) is 39.2 Å². The molecule has 0 aliphatic heterocycles. The van der Waals surface area contributed by atoms with Gasteiger partial charge < -0.3 is 9.66 Å².